The van der Waals surface area contributed by atoms with E-state index in [2.05, 4.69) is 11.4 Å². The summed E-state index contributed by atoms with van der Waals surface area (Å²) in [5.74, 6) is 0. The molecule has 0 aliphatic rings. The molecule has 0 aliphatic carbocycles. The number of aryl methyl sites for hydroxylation is 1. The minimum Gasteiger partial charge on any atom is -0.382 e. The molecular weight excluding hydrogens is 186 g/mol. The van der Waals surface area contributed by atoms with E-state index in [9.17, 15) is 0 Å². The molecule has 0 saturated carbocycles. The van der Waals surface area contributed by atoms with Crippen LogP contribution in [0.5, 0.6) is 0 Å². The maximum Gasteiger partial charge on any atom is 0.101 e. The van der Waals surface area contributed by atoms with Crippen molar-refractivity contribution in [3.63, 3.8) is 0 Å². The van der Waals surface area contributed by atoms with Crippen LogP contribution in [0.15, 0.2) is 18.2 Å². The fourth-order valence-corrected chi connectivity index (χ4v) is 1.22. The number of benzene rings is 1. The van der Waals surface area contributed by atoms with Gasteiger partial charge in [0.05, 0.1) is 11.3 Å². The minimum atomic E-state index is -0.281. The smallest absolute Gasteiger partial charge is 0.101 e. The van der Waals surface area contributed by atoms with Crippen LogP contribution in [0.3, 0.4) is 0 Å². The number of hydrogen-bond donors (Lipinski definition) is 2. The average Bonchev–Trinajstić information content (AvgIpc) is 2.14. The first-order valence-corrected chi connectivity index (χ1v) is 4.96. The molecule has 0 saturated heterocycles. The van der Waals surface area contributed by atoms with Crippen LogP contribution in [0.2, 0.25) is 0 Å². The zero-order valence-electron chi connectivity index (χ0n) is 9.46. The second-order valence-electron chi connectivity index (χ2n) is 4.50. The van der Waals surface area contributed by atoms with E-state index < -0.39 is 0 Å². The van der Waals surface area contributed by atoms with Crippen LogP contribution in [0.1, 0.15) is 25.0 Å². The van der Waals surface area contributed by atoms with Gasteiger partial charge in [0.1, 0.15) is 6.07 Å². The summed E-state index contributed by atoms with van der Waals surface area (Å²) in [6.45, 7) is 6.54. The molecule has 0 aliphatic heterocycles. The Labute approximate surface area is 90.9 Å². The van der Waals surface area contributed by atoms with E-state index in [4.69, 9.17) is 11.0 Å². The first kappa shape index (κ1) is 11.5. The highest BCUT2D eigenvalue weighted by atomic mass is 14.9. The van der Waals surface area contributed by atoms with Crippen molar-refractivity contribution < 1.29 is 0 Å². The van der Waals surface area contributed by atoms with E-state index in [1.807, 2.05) is 39.0 Å². The molecule has 3 nitrogen and oxygen atoms in total. The van der Waals surface area contributed by atoms with Gasteiger partial charge in [-0.3, -0.25) is 0 Å². The third-order valence-electron chi connectivity index (χ3n) is 2.03. The summed E-state index contributed by atoms with van der Waals surface area (Å²) in [7, 11) is 0. The Morgan fingerprint density at radius 1 is 1.47 bits per heavy atom. The Kier molecular flexibility index (Phi) is 3.33. The monoisotopic (exact) mass is 203 g/mol. The minimum absolute atomic E-state index is 0.281. The molecule has 0 unspecified atom stereocenters. The van der Waals surface area contributed by atoms with Gasteiger partial charge in [-0.15, -0.1) is 0 Å². The van der Waals surface area contributed by atoms with E-state index >= 15 is 0 Å². The molecule has 3 N–H and O–H groups in total. The summed E-state index contributed by atoms with van der Waals surface area (Å²) >= 11 is 0. The van der Waals surface area contributed by atoms with Gasteiger partial charge in [-0.2, -0.15) is 5.26 Å². The summed E-state index contributed by atoms with van der Waals surface area (Å²) in [6, 6.07) is 7.87. The Hall–Kier alpha value is -1.53. The Morgan fingerprint density at radius 3 is 2.67 bits per heavy atom. The third-order valence-corrected chi connectivity index (χ3v) is 2.03. The first-order chi connectivity index (χ1) is 6.92. The predicted octanol–water partition coefficient (Wildman–Crippen LogP) is 2.02. The van der Waals surface area contributed by atoms with Crippen LogP contribution in [0, 0.1) is 18.3 Å². The molecule has 1 rings (SSSR count). The molecule has 15 heavy (non-hydrogen) atoms. The lowest BCUT2D eigenvalue weighted by molar-refractivity contribution is 0.549. The van der Waals surface area contributed by atoms with Crippen LogP contribution in [0.25, 0.3) is 0 Å². The van der Waals surface area contributed by atoms with Crippen molar-refractivity contribution in [1.29, 1.82) is 5.26 Å². The van der Waals surface area contributed by atoms with Crippen LogP contribution < -0.4 is 11.1 Å². The largest absolute Gasteiger partial charge is 0.382 e. The van der Waals surface area contributed by atoms with Gasteiger partial charge in [0.15, 0.2) is 0 Å². The first-order valence-electron chi connectivity index (χ1n) is 4.96. The molecule has 1 aromatic carbocycles. The van der Waals surface area contributed by atoms with Gasteiger partial charge in [0, 0.05) is 12.1 Å². The van der Waals surface area contributed by atoms with Gasteiger partial charge in [-0.05, 0) is 38.5 Å². The molecule has 1 aromatic rings. The summed E-state index contributed by atoms with van der Waals surface area (Å²) in [5, 5.41) is 12.1. The molecule has 0 amide bonds. The second-order valence-corrected chi connectivity index (χ2v) is 4.50. The molecule has 3 heteroatoms. The second kappa shape index (κ2) is 4.33. The molecular formula is C12H17N3. The number of nitrogens with two attached hydrogens (primary N) is 1. The summed E-state index contributed by atoms with van der Waals surface area (Å²) < 4.78 is 0. The van der Waals surface area contributed by atoms with Crippen molar-refractivity contribution in [3.05, 3.63) is 29.3 Å². The normalized spacial score (nSPS) is 10.9. The molecule has 0 atom stereocenters. The van der Waals surface area contributed by atoms with Gasteiger partial charge in [0.2, 0.25) is 0 Å². The van der Waals surface area contributed by atoms with Crippen LogP contribution in [-0.2, 0) is 0 Å². The molecule has 0 radical (unpaired) electrons. The van der Waals surface area contributed by atoms with E-state index in [-0.39, 0.29) is 5.54 Å². The highest BCUT2D eigenvalue weighted by Crippen LogP contribution is 2.17. The maximum atomic E-state index is 8.92. The standard InChI is InChI=1S/C12H17N3/c1-9-4-5-10(7-13)11(6-9)15-8-12(2,3)14/h4-6,15H,8,14H2,1-3H3. The van der Waals surface area contributed by atoms with E-state index in [1.54, 1.807) is 0 Å². The van der Waals surface area contributed by atoms with Gasteiger partial charge >= 0.3 is 0 Å². The highest BCUT2D eigenvalue weighted by Gasteiger charge is 2.11. The molecule has 0 bridgehead atoms. The number of nitriles is 1. The number of rotatable bonds is 3. The fourth-order valence-electron chi connectivity index (χ4n) is 1.22. The summed E-state index contributed by atoms with van der Waals surface area (Å²) in [6.07, 6.45) is 0. The van der Waals surface area contributed by atoms with Crippen LogP contribution in [0.4, 0.5) is 5.69 Å². The van der Waals surface area contributed by atoms with Gasteiger partial charge < -0.3 is 11.1 Å². The van der Waals surface area contributed by atoms with Crippen molar-refractivity contribution in [2.75, 3.05) is 11.9 Å². The van der Waals surface area contributed by atoms with Crippen molar-refractivity contribution in [3.8, 4) is 6.07 Å². The van der Waals surface area contributed by atoms with Gasteiger partial charge in [-0.1, -0.05) is 6.07 Å². The SMILES string of the molecule is Cc1ccc(C#N)c(NCC(C)(C)N)c1. The molecule has 0 spiro atoms. The van der Waals surface area contributed by atoms with Crippen LogP contribution >= 0.6 is 0 Å². The highest BCUT2D eigenvalue weighted by molar-refractivity contribution is 5.58. The van der Waals surface area contributed by atoms with Gasteiger partial charge in [0.25, 0.3) is 0 Å². The zero-order chi connectivity index (χ0) is 11.5. The Balaban J connectivity index is 2.85. The number of nitrogens with one attached hydrogen (secondary N) is 1. The molecule has 0 heterocycles. The van der Waals surface area contributed by atoms with Crippen molar-refractivity contribution >= 4 is 5.69 Å². The van der Waals surface area contributed by atoms with Crippen molar-refractivity contribution in [2.24, 2.45) is 5.73 Å². The lowest BCUT2D eigenvalue weighted by Gasteiger charge is -2.20. The predicted molar refractivity (Wildman–Crippen MR) is 62.7 cm³/mol. The number of anilines is 1. The van der Waals surface area contributed by atoms with E-state index in [0.717, 1.165) is 11.3 Å². The Morgan fingerprint density at radius 2 is 2.13 bits per heavy atom. The molecule has 0 fully saturated rings. The lowest BCUT2D eigenvalue weighted by Crippen LogP contribution is -2.39. The van der Waals surface area contributed by atoms with Crippen LogP contribution in [-0.4, -0.2) is 12.1 Å². The third kappa shape index (κ3) is 3.61. The van der Waals surface area contributed by atoms with E-state index in [1.165, 1.54) is 0 Å². The Bertz CT molecular complexity index is 383. The molecule has 80 valence electrons. The lowest BCUT2D eigenvalue weighted by atomic mass is 10.1. The van der Waals surface area contributed by atoms with Gasteiger partial charge in [-0.25, -0.2) is 0 Å². The number of hydrogen-bond acceptors (Lipinski definition) is 3. The summed E-state index contributed by atoms with van der Waals surface area (Å²) in [5.41, 5.74) is 8.23. The quantitative estimate of drug-likeness (QED) is 0.790. The average molecular weight is 203 g/mol. The van der Waals surface area contributed by atoms with Crippen molar-refractivity contribution in [1.82, 2.24) is 0 Å². The zero-order valence-corrected chi connectivity index (χ0v) is 9.46. The summed E-state index contributed by atoms with van der Waals surface area (Å²) in [4.78, 5) is 0. The fraction of sp³-hybridized carbons (Fsp3) is 0.417. The topological polar surface area (TPSA) is 61.8 Å². The van der Waals surface area contributed by atoms with Crippen molar-refractivity contribution in [2.45, 2.75) is 26.3 Å². The number of nitrogens with zero attached hydrogens (tertiary/aromatic N) is 1. The maximum absolute atomic E-state index is 8.92. The molecule has 0 aromatic heterocycles. The van der Waals surface area contributed by atoms with E-state index in [0.29, 0.717) is 12.1 Å².